The lowest BCUT2D eigenvalue weighted by atomic mass is 10.2. The van der Waals surface area contributed by atoms with Gasteiger partial charge in [-0.25, -0.2) is 0 Å². The van der Waals surface area contributed by atoms with Gasteiger partial charge in [-0.1, -0.05) is 13.0 Å². The minimum Gasteiger partial charge on any atom is -0.495 e. The average Bonchev–Trinajstić information content (AvgIpc) is 2.37. The molecule has 0 aliphatic carbocycles. The minimum atomic E-state index is 0.0652. The molecular formula is C13H18N2O2S. The molecule has 98 valence electrons. The number of amides is 1. The van der Waals surface area contributed by atoms with E-state index in [0.717, 1.165) is 16.3 Å². The zero-order valence-corrected chi connectivity index (χ0v) is 11.5. The van der Waals surface area contributed by atoms with Crippen molar-refractivity contribution in [3.05, 3.63) is 18.2 Å². The van der Waals surface area contributed by atoms with E-state index in [2.05, 4.69) is 6.92 Å². The summed E-state index contributed by atoms with van der Waals surface area (Å²) in [5, 5.41) is 0.381. The first-order valence-electron chi connectivity index (χ1n) is 6.01. The van der Waals surface area contributed by atoms with E-state index >= 15 is 0 Å². The van der Waals surface area contributed by atoms with Crippen molar-refractivity contribution in [1.82, 2.24) is 0 Å². The lowest BCUT2D eigenvalue weighted by Crippen LogP contribution is -2.39. The molecule has 5 heteroatoms. The molecule has 0 spiro atoms. The number of carbonyl (C=O) groups is 1. The second kappa shape index (κ2) is 5.63. The molecule has 1 aliphatic heterocycles. The van der Waals surface area contributed by atoms with Gasteiger partial charge in [-0.3, -0.25) is 4.79 Å². The van der Waals surface area contributed by atoms with Gasteiger partial charge < -0.3 is 15.4 Å². The Bertz CT molecular complexity index is 451. The maximum Gasteiger partial charge on any atom is 0.228 e. The number of benzene rings is 1. The number of ether oxygens (including phenoxy) is 1. The first kappa shape index (κ1) is 13.2. The molecule has 0 bridgehead atoms. The van der Waals surface area contributed by atoms with Crippen LogP contribution >= 0.6 is 11.8 Å². The lowest BCUT2D eigenvalue weighted by Gasteiger charge is -2.33. The predicted molar refractivity (Wildman–Crippen MR) is 74.3 cm³/mol. The fourth-order valence-electron chi connectivity index (χ4n) is 2.12. The molecule has 1 atom stereocenters. The SMILES string of the molecule is COc1cccc2c1N(C(=O)CCN)CC(C)S2. The fourth-order valence-corrected chi connectivity index (χ4v) is 3.25. The molecular weight excluding hydrogens is 248 g/mol. The Kier molecular flexibility index (Phi) is 4.14. The predicted octanol–water partition coefficient (Wildman–Crippen LogP) is 1.87. The van der Waals surface area contributed by atoms with Gasteiger partial charge in [-0.05, 0) is 12.1 Å². The summed E-state index contributed by atoms with van der Waals surface area (Å²) in [6, 6.07) is 5.87. The zero-order chi connectivity index (χ0) is 13.1. The highest BCUT2D eigenvalue weighted by molar-refractivity contribution is 8.00. The monoisotopic (exact) mass is 266 g/mol. The van der Waals surface area contributed by atoms with Crippen molar-refractivity contribution >= 4 is 23.4 Å². The molecule has 1 amide bonds. The highest BCUT2D eigenvalue weighted by Gasteiger charge is 2.29. The molecule has 2 N–H and O–H groups in total. The van der Waals surface area contributed by atoms with Crippen LogP contribution in [-0.4, -0.2) is 31.4 Å². The van der Waals surface area contributed by atoms with Gasteiger partial charge in [-0.15, -0.1) is 11.8 Å². The molecule has 1 unspecified atom stereocenters. The number of nitrogens with two attached hydrogens (primary N) is 1. The Morgan fingerprint density at radius 2 is 2.39 bits per heavy atom. The summed E-state index contributed by atoms with van der Waals surface area (Å²) >= 11 is 1.78. The number of rotatable bonds is 3. The Balaban J connectivity index is 2.42. The number of carbonyl (C=O) groups excluding carboxylic acids is 1. The van der Waals surface area contributed by atoms with E-state index in [0.29, 0.717) is 24.8 Å². The molecule has 4 nitrogen and oxygen atoms in total. The van der Waals surface area contributed by atoms with E-state index in [-0.39, 0.29) is 5.91 Å². The molecule has 0 aromatic heterocycles. The third-order valence-corrected chi connectivity index (χ3v) is 4.01. The van der Waals surface area contributed by atoms with E-state index in [9.17, 15) is 4.79 Å². The number of hydrogen-bond acceptors (Lipinski definition) is 4. The Labute approximate surface area is 111 Å². The summed E-state index contributed by atoms with van der Waals surface area (Å²) < 4.78 is 5.37. The van der Waals surface area contributed by atoms with Gasteiger partial charge in [0.25, 0.3) is 0 Å². The molecule has 0 saturated heterocycles. The van der Waals surface area contributed by atoms with E-state index < -0.39 is 0 Å². The van der Waals surface area contributed by atoms with Crippen molar-refractivity contribution in [3.8, 4) is 5.75 Å². The number of para-hydroxylation sites is 1. The fraction of sp³-hybridized carbons (Fsp3) is 0.462. The molecule has 0 radical (unpaired) electrons. The molecule has 2 rings (SSSR count). The summed E-state index contributed by atoms with van der Waals surface area (Å²) in [6.07, 6.45) is 0.370. The lowest BCUT2D eigenvalue weighted by molar-refractivity contribution is -0.118. The van der Waals surface area contributed by atoms with Crippen LogP contribution < -0.4 is 15.4 Å². The van der Waals surface area contributed by atoms with Gasteiger partial charge in [0, 0.05) is 29.7 Å². The molecule has 1 aliphatic rings. The number of anilines is 1. The first-order valence-corrected chi connectivity index (χ1v) is 6.89. The highest BCUT2D eigenvalue weighted by atomic mass is 32.2. The molecule has 0 saturated carbocycles. The number of fused-ring (bicyclic) bond motifs is 1. The molecule has 1 aromatic rings. The quantitative estimate of drug-likeness (QED) is 0.907. The minimum absolute atomic E-state index is 0.0652. The molecule has 18 heavy (non-hydrogen) atoms. The zero-order valence-electron chi connectivity index (χ0n) is 10.7. The molecule has 1 heterocycles. The maximum atomic E-state index is 12.2. The van der Waals surface area contributed by atoms with Crippen molar-refractivity contribution in [3.63, 3.8) is 0 Å². The number of methoxy groups -OCH3 is 1. The summed E-state index contributed by atoms with van der Waals surface area (Å²) in [6.45, 7) is 3.20. The highest BCUT2D eigenvalue weighted by Crippen LogP contribution is 2.44. The van der Waals surface area contributed by atoms with Gasteiger partial charge in [-0.2, -0.15) is 0 Å². The number of nitrogens with zero attached hydrogens (tertiary/aromatic N) is 1. The van der Waals surface area contributed by atoms with Crippen molar-refractivity contribution in [1.29, 1.82) is 0 Å². The van der Waals surface area contributed by atoms with E-state index in [4.69, 9.17) is 10.5 Å². The third kappa shape index (κ3) is 2.47. The van der Waals surface area contributed by atoms with E-state index in [1.165, 1.54) is 0 Å². The van der Waals surface area contributed by atoms with Gasteiger partial charge >= 0.3 is 0 Å². The molecule has 1 aromatic carbocycles. The van der Waals surface area contributed by atoms with Crippen LogP contribution in [0.25, 0.3) is 0 Å². The number of hydrogen-bond donors (Lipinski definition) is 1. The van der Waals surface area contributed by atoms with Gasteiger partial charge in [0.15, 0.2) is 0 Å². The first-order chi connectivity index (χ1) is 8.67. The standard InChI is InChI=1S/C13H18N2O2S/c1-9-8-15(12(16)6-7-14)13-10(17-2)4-3-5-11(13)18-9/h3-5,9H,6-8,14H2,1-2H3. The number of thioether (sulfide) groups is 1. The van der Waals surface area contributed by atoms with Crippen molar-refractivity contribution in [2.75, 3.05) is 25.1 Å². The van der Waals surface area contributed by atoms with Crippen LogP contribution in [0, 0.1) is 0 Å². The summed E-state index contributed by atoms with van der Waals surface area (Å²) in [4.78, 5) is 15.1. The van der Waals surface area contributed by atoms with E-state index in [1.807, 2.05) is 23.1 Å². The smallest absolute Gasteiger partial charge is 0.228 e. The summed E-state index contributed by atoms with van der Waals surface area (Å²) in [5.74, 6) is 0.813. The summed E-state index contributed by atoms with van der Waals surface area (Å²) in [5.41, 5.74) is 6.37. The second-order valence-corrected chi connectivity index (χ2v) is 5.76. The van der Waals surface area contributed by atoms with Gasteiger partial charge in [0.2, 0.25) is 5.91 Å². The van der Waals surface area contributed by atoms with Crippen LogP contribution in [0.4, 0.5) is 5.69 Å². The van der Waals surface area contributed by atoms with Crippen LogP contribution in [0.3, 0.4) is 0 Å². The maximum absolute atomic E-state index is 12.2. The van der Waals surface area contributed by atoms with Crippen LogP contribution in [-0.2, 0) is 4.79 Å². The van der Waals surface area contributed by atoms with Crippen LogP contribution in [0.2, 0.25) is 0 Å². The normalized spacial score (nSPS) is 18.4. The van der Waals surface area contributed by atoms with Crippen LogP contribution in [0.1, 0.15) is 13.3 Å². The second-order valence-electron chi connectivity index (χ2n) is 4.28. The molecule has 0 fully saturated rings. The third-order valence-electron chi connectivity index (χ3n) is 2.88. The Hall–Kier alpha value is -1.20. The largest absolute Gasteiger partial charge is 0.495 e. The topological polar surface area (TPSA) is 55.6 Å². The summed E-state index contributed by atoms with van der Waals surface area (Å²) in [7, 11) is 1.63. The van der Waals surface area contributed by atoms with Crippen LogP contribution in [0.5, 0.6) is 5.75 Å². The van der Waals surface area contributed by atoms with Crippen molar-refractivity contribution < 1.29 is 9.53 Å². The van der Waals surface area contributed by atoms with Gasteiger partial charge in [0.1, 0.15) is 5.75 Å². The van der Waals surface area contributed by atoms with Crippen LogP contribution in [0.15, 0.2) is 23.1 Å². The average molecular weight is 266 g/mol. The Morgan fingerprint density at radius 1 is 1.61 bits per heavy atom. The van der Waals surface area contributed by atoms with Crippen molar-refractivity contribution in [2.45, 2.75) is 23.5 Å². The van der Waals surface area contributed by atoms with Gasteiger partial charge in [0.05, 0.1) is 12.8 Å². The Morgan fingerprint density at radius 3 is 3.06 bits per heavy atom. The van der Waals surface area contributed by atoms with E-state index in [1.54, 1.807) is 18.9 Å². The van der Waals surface area contributed by atoms with Crippen molar-refractivity contribution in [2.24, 2.45) is 5.73 Å².